The molecule has 0 radical (unpaired) electrons. The maximum Gasteiger partial charge on any atom is 0.119 e. The molecule has 0 aliphatic carbocycles. The monoisotopic (exact) mass is 402 g/mol. The van der Waals surface area contributed by atoms with Crippen molar-refractivity contribution >= 4 is 17.3 Å². The van der Waals surface area contributed by atoms with Gasteiger partial charge in [0.1, 0.15) is 11.1 Å². The quantitative estimate of drug-likeness (QED) is 0.560. The Labute approximate surface area is 171 Å². The maximum atomic E-state index is 9.49. The molecule has 144 valence electrons. The minimum atomic E-state index is 0.379. The van der Waals surface area contributed by atoms with E-state index in [0.717, 1.165) is 52.5 Å². The summed E-state index contributed by atoms with van der Waals surface area (Å²) in [5.74, 6) is 0. The molecule has 4 aromatic rings. The fourth-order valence-electron chi connectivity index (χ4n) is 3.60. The molecule has 0 amide bonds. The van der Waals surface area contributed by atoms with Gasteiger partial charge in [-0.05, 0) is 25.5 Å². The summed E-state index contributed by atoms with van der Waals surface area (Å²) in [6.45, 7) is 2.02. The summed E-state index contributed by atoms with van der Waals surface area (Å²) in [4.78, 5) is 9.40. The molecule has 1 N–H and O–H groups in total. The molecule has 1 atom stereocenters. The van der Waals surface area contributed by atoms with Crippen LogP contribution in [-0.4, -0.2) is 42.5 Å². The van der Waals surface area contributed by atoms with Crippen LogP contribution in [0.2, 0.25) is 0 Å². The summed E-state index contributed by atoms with van der Waals surface area (Å²) in [6.07, 6.45) is 14.8. The van der Waals surface area contributed by atoms with Gasteiger partial charge >= 0.3 is 0 Å². The van der Waals surface area contributed by atoms with Crippen molar-refractivity contribution in [1.29, 1.82) is 5.26 Å². The standard InChI is InChI=1S/C20H18N8S/c21-7-15-8-26-28-12-14(6-18(20(15)28)29-19-11-23-4-5-24-19)16-9-25-27(13-16)17-2-1-3-22-10-17/h4-6,8-9,11-13,17,22H,1-3,10H2/t17-/m0/s1. The van der Waals surface area contributed by atoms with Crippen LogP contribution in [0, 0.1) is 11.3 Å². The average molecular weight is 402 g/mol. The summed E-state index contributed by atoms with van der Waals surface area (Å²) >= 11 is 1.47. The molecule has 0 aromatic carbocycles. The molecule has 1 aliphatic rings. The van der Waals surface area contributed by atoms with Gasteiger partial charge < -0.3 is 5.32 Å². The summed E-state index contributed by atoms with van der Waals surface area (Å²) in [6, 6.07) is 4.67. The first-order chi connectivity index (χ1) is 14.3. The zero-order valence-corrected chi connectivity index (χ0v) is 16.4. The van der Waals surface area contributed by atoms with Crippen molar-refractivity contribution in [1.82, 2.24) is 34.7 Å². The lowest BCUT2D eigenvalue weighted by molar-refractivity contribution is 0.347. The Morgan fingerprint density at radius 2 is 2.10 bits per heavy atom. The van der Waals surface area contributed by atoms with Gasteiger partial charge in [0.2, 0.25) is 0 Å². The number of nitriles is 1. The topological polar surface area (TPSA) is 96.7 Å². The summed E-state index contributed by atoms with van der Waals surface area (Å²) in [5.41, 5.74) is 3.32. The van der Waals surface area contributed by atoms with Crippen LogP contribution in [0.15, 0.2) is 59.4 Å². The van der Waals surface area contributed by atoms with E-state index in [1.54, 1.807) is 29.3 Å². The Morgan fingerprint density at radius 1 is 1.14 bits per heavy atom. The van der Waals surface area contributed by atoms with Crippen LogP contribution in [0.5, 0.6) is 0 Å². The van der Waals surface area contributed by atoms with Crippen molar-refractivity contribution in [3.05, 3.63) is 55.0 Å². The van der Waals surface area contributed by atoms with Crippen LogP contribution in [0.25, 0.3) is 16.6 Å². The summed E-state index contributed by atoms with van der Waals surface area (Å²) < 4.78 is 3.80. The highest BCUT2D eigenvalue weighted by molar-refractivity contribution is 7.99. The van der Waals surface area contributed by atoms with Crippen LogP contribution >= 0.6 is 11.8 Å². The van der Waals surface area contributed by atoms with E-state index >= 15 is 0 Å². The highest BCUT2D eigenvalue weighted by atomic mass is 32.2. The van der Waals surface area contributed by atoms with Gasteiger partial charge in [-0.2, -0.15) is 15.5 Å². The largest absolute Gasteiger partial charge is 0.315 e. The minimum absolute atomic E-state index is 0.379. The number of aromatic nitrogens is 6. The highest BCUT2D eigenvalue weighted by Gasteiger charge is 2.18. The molecule has 9 heteroatoms. The Hall–Kier alpha value is -3.22. The Kier molecular flexibility index (Phi) is 4.71. The third-order valence-corrected chi connectivity index (χ3v) is 5.98. The smallest absolute Gasteiger partial charge is 0.119 e. The molecule has 8 nitrogen and oxygen atoms in total. The number of nitrogens with one attached hydrogen (secondary N) is 1. The van der Waals surface area contributed by atoms with Crippen molar-refractivity contribution < 1.29 is 0 Å². The van der Waals surface area contributed by atoms with Crippen molar-refractivity contribution in [2.24, 2.45) is 0 Å². The van der Waals surface area contributed by atoms with E-state index in [1.165, 1.54) is 11.8 Å². The second kappa shape index (κ2) is 7.66. The Morgan fingerprint density at radius 3 is 2.90 bits per heavy atom. The third kappa shape index (κ3) is 3.48. The van der Waals surface area contributed by atoms with E-state index in [0.29, 0.717) is 11.6 Å². The van der Waals surface area contributed by atoms with Crippen LogP contribution in [0.3, 0.4) is 0 Å². The van der Waals surface area contributed by atoms with Gasteiger partial charge in [-0.1, -0.05) is 11.8 Å². The first kappa shape index (κ1) is 17.8. The molecule has 1 aliphatic heterocycles. The van der Waals surface area contributed by atoms with Gasteiger partial charge in [0, 0.05) is 47.4 Å². The van der Waals surface area contributed by atoms with E-state index in [-0.39, 0.29) is 0 Å². The zero-order chi connectivity index (χ0) is 19.6. The van der Waals surface area contributed by atoms with Gasteiger partial charge in [0.05, 0.1) is 35.7 Å². The van der Waals surface area contributed by atoms with Crippen LogP contribution in [0.4, 0.5) is 0 Å². The van der Waals surface area contributed by atoms with E-state index in [1.807, 2.05) is 17.1 Å². The van der Waals surface area contributed by atoms with Gasteiger partial charge in [0.15, 0.2) is 0 Å². The number of hydrogen-bond donors (Lipinski definition) is 1. The number of hydrogen-bond acceptors (Lipinski definition) is 7. The molecule has 0 bridgehead atoms. The minimum Gasteiger partial charge on any atom is -0.315 e. The van der Waals surface area contributed by atoms with Crippen molar-refractivity contribution in [3.8, 4) is 17.2 Å². The summed E-state index contributed by atoms with van der Waals surface area (Å²) in [5, 5.41) is 22.7. The van der Waals surface area contributed by atoms with E-state index in [4.69, 9.17) is 0 Å². The van der Waals surface area contributed by atoms with E-state index < -0.39 is 0 Å². The molecule has 0 saturated carbocycles. The van der Waals surface area contributed by atoms with E-state index in [9.17, 15) is 5.26 Å². The number of pyridine rings is 1. The molecule has 4 aromatic heterocycles. The predicted octanol–water partition coefficient (Wildman–Crippen LogP) is 2.94. The first-order valence-electron chi connectivity index (χ1n) is 9.42. The second-order valence-electron chi connectivity index (χ2n) is 6.91. The number of piperidine rings is 1. The van der Waals surface area contributed by atoms with Gasteiger partial charge in [-0.3, -0.25) is 9.67 Å². The molecule has 29 heavy (non-hydrogen) atoms. The number of nitrogens with zero attached hydrogens (tertiary/aromatic N) is 7. The van der Waals surface area contributed by atoms with Crippen LogP contribution < -0.4 is 5.32 Å². The molecule has 5 heterocycles. The second-order valence-corrected chi connectivity index (χ2v) is 7.97. The van der Waals surface area contributed by atoms with Gasteiger partial charge in [-0.25, -0.2) is 9.50 Å². The lowest BCUT2D eigenvalue weighted by Gasteiger charge is -2.22. The van der Waals surface area contributed by atoms with Gasteiger partial charge in [-0.15, -0.1) is 0 Å². The first-order valence-corrected chi connectivity index (χ1v) is 10.2. The van der Waals surface area contributed by atoms with Crippen molar-refractivity contribution in [2.45, 2.75) is 28.8 Å². The Bertz CT molecular complexity index is 1180. The highest BCUT2D eigenvalue weighted by Crippen LogP contribution is 2.34. The fourth-order valence-corrected chi connectivity index (χ4v) is 4.54. The SMILES string of the molecule is N#Cc1cnn2cc(-c3cnn([C@H]4CCCNC4)c3)cc(Sc3cnccn3)c12. The van der Waals surface area contributed by atoms with Crippen LogP contribution in [-0.2, 0) is 0 Å². The lowest BCUT2D eigenvalue weighted by atomic mass is 10.1. The summed E-state index contributed by atoms with van der Waals surface area (Å²) in [7, 11) is 0. The molecular weight excluding hydrogens is 384 g/mol. The van der Waals surface area contributed by atoms with Gasteiger partial charge in [0.25, 0.3) is 0 Å². The Balaban J connectivity index is 1.56. The van der Waals surface area contributed by atoms with Crippen LogP contribution in [0.1, 0.15) is 24.4 Å². The molecule has 1 fully saturated rings. The fraction of sp³-hybridized carbons (Fsp3) is 0.250. The third-order valence-electron chi connectivity index (χ3n) is 5.03. The average Bonchev–Trinajstić information content (AvgIpc) is 3.42. The molecule has 0 unspecified atom stereocenters. The lowest BCUT2D eigenvalue weighted by Crippen LogP contribution is -2.31. The normalized spacial score (nSPS) is 16.7. The molecular formula is C20H18N8S. The zero-order valence-electron chi connectivity index (χ0n) is 15.6. The molecule has 0 spiro atoms. The van der Waals surface area contributed by atoms with E-state index in [2.05, 4.69) is 43.8 Å². The predicted molar refractivity (Wildman–Crippen MR) is 108 cm³/mol. The maximum absolute atomic E-state index is 9.49. The van der Waals surface area contributed by atoms with Crippen molar-refractivity contribution in [3.63, 3.8) is 0 Å². The number of fused-ring (bicyclic) bond motifs is 1. The molecule has 1 saturated heterocycles. The number of rotatable bonds is 4. The molecule has 5 rings (SSSR count). The van der Waals surface area contributed by atoms with Crippen molar-refractivity contribution in [2.75, 3.05) is 13.1 Å².